The van der Waals surface area contributed by atoms with Crippen LogP contribution in [0.3, 0.4) is 0 Å². The zero-order chi connectivity index (χ0) is 9.80. The van der Waals surface area contributed by atoms with Gasteiger partial charge in [0.15, 0.2) is 18.9 Å². The third-order valence-corrected chi connectivity index (χ3v) is 1.99. The lowest BCUT2D eigenvalue weighted by molar-refractivity contribution is -0.689. The summed E-state index contributed by atoms with van der Waals surface area (Å²) in [5.41, 5.74) is 2.28. The van der Waals surface area contributed by atoms with E-state index in [4.69, 9.17) is 0 Å². The Bertz CT molecular complexity index is 412. The molecule has 0 amide bonds. The van der Waals surface area contributed by atoms with Crippen LogP contribution in [-0.2, 0) is 6.54 Å². The molecule has 0 radical (unpaired) electrons. The Morgan fingerprint density at radius 1 is 1.36 bits per heavy atom. The van der Waals surface area contributed by atoms with Gasteiger partial charge in [-0.15, -0.1) is 0 Å². The van der Waals surface area contributed by atoms with E-state index in [1.807, 2.05) is 18.3 Å². The van der Waals surface area contributed by atoms with E-state index >= 15 is 0 Å². The van der Waals surface area contributed by atoms with Crippen LogP contribution in [0.25, 0.3) is 0 Å². The average Bonchev–Trinajstić information content (AvgIpc) is 2.19. The molecule has 14 heavy (non-hydrogen) atoms. The van der Waals surface area contributed by atoms with Crippen molar-refractivity contribution < 1.29 is 4.57 Å². The lowest BCUT2D eigenvalue weighted by Gasteiger charge is -1.96. The van der Waals surface area contributed by atoms with Gasteiger partial charge in [-0.3, -0.25) is 0 Å². The molecule has 0 fully saturated rings. The molecule has 3 nitrogen and oxygen atoms in total. The Kier molecular flexibility index (Phi) is 2.49. The number of nitrogens with zero attached hydrogens (tertiary/aromatic N) is 3. The van der Waals surface area contributed by atoms with E-state index in [-0.39, 0.29) is 0 Å². The van der Waals surface area contributed by atoms with Gasteiger partial charge in [0, 0.05) is 17.8 Å². The molecular formula is C11H12N3+. The van der Waals surface area contributed by atoms with Gasteiger partial charge >= 0.3 is 0 Å². The van der Waals surface area contributed by atoms with Crippen LogP contribution in [0.2, 0.25) is 0 Å². The van der Waals surface area contributed by atoms with E-state index < -0.39 is 0 Å². The fourth-order valence-electron chi connectivity index (χ4n) is 1.35. The van der Waals surface area contributed by atoms with Crippen molar-refractivity contribution in [2.24, 2.45) is 0 Å². The van der Waals surface area contributed by atoms with Crippen molar-refractivity contribution in [3.63, 3.8) is 0 Å². The van der Waals surface area contributed by atoms with Gasteiger partial charge in [0.25, 0.3) is 0 Å². The first kappa shape index (κ1) is 8.81. The minimum Gasteiger partial charge on any atom is -0.245 e. The van der Waals surface area contributed by atoms with Crippen molar-refractivity contribution in [3.8, 4) is 0 Å². The lowest BCUT2D eigenvalue weighted by atomic mass is 10.3. The van der Waals surface area contributed by atoms with E-state index in [9.17, 15) is 0 Å². The summed E-state index contributed by atoms with van der Waals surface area (Å²) >= 11 is 0. The fraction of sp³-hybridized carbons (Fsp3) is 0.182. The van der Waals surface area contributed by atoms with Gasteiger partial charge in [-0.1, -0.05) is 0 Å². The van der Waals surface area contributed by atoms with Crippen LogP contribution < -0.4 is 4.57 Å². The topological polar surface area (TPSA) is 29.7 Å². The molecule has 0 aliphatic heterocycles. The molecule has 0 aliphatic rings. The van der Waals surface area contributed by atoms with E-state index in [0.29, 0.717) is 0 Å². The molecule has 0 unspecified atom stereocenters. The zero-order valence-corrected chi connectivity index (χ0v) is 8.09. The molecule has 0 aliphatic carbocycles. The summed E-state index contributed by atoms with van der Waals surface area (Å²) in [5.74, 6) is 0. The van der Waals surface area contributed by atoms with Crippen molar-refractivity contribution in [2.45, 2.75) is 13.5 Å². The molecule has 2 rings (SSSR count). The second kappa shape index (κ2) is 3.96. The Morgan fingerprint density at radius 3 is 3.00 bits per heavy atom. The molecule has 0 atom stereocenters. The van der Waals surface area contributed by atoms with Crippen molar-refractivity contribution in [3.05, 3.63) is 54.4 Å². The molecule has 0 saturated heterocycles. The third kappa shape index (κ3) is 2.13. The molecule has 0 saturated carbocycles. The van der Waals surface area contributed by atoms with Crippen LogP contribution in [0.4, 0.5) is 0 Å². The molecule has 0 spiro atoms. The highest BCUT2D eigenvalue weighted by atomic mass is 15.0. The first-order chi connectivity index (χ1) is 6.84. The summed E-state index contributed by atoms with van der Waals surface area (Å²) in [6, 6.07) is 6.04. The van der Waals surface area contributed by atoms with Gasteiger partial charge in [0.05, 0.1) is 0 Å². The molecule has 2 heterocycles. The lowest BCUT2D eigenvalue weighted by Crippen LogP contribution is -2.33. The van der Waals surface area contributed by atoms with Crippen LogP contribution >= 0.6 is 0 Å². The van der Waals surface area contributed by atoms with Crippen LogP contribution in [-0.4, -0.2) is 9.97 Å². The van der Waals surface area contributed by atoms with E-state index in [1.165, 1.54) is 5.56 Å². The van der Waals surface area contributed by atoms with Crippen LogP contribution in [0, 0.1) is 6.92 Å². The minimum atomic E-state index is 0.796. The Morgan fingerprint density at radius 2 is 2.29 bits per heavy atom. The highest BCUT2D eigenvalue weighted by molar-refractivity contribution is 5.02. The van der Waals surface area contributed by atoms with Crippen LogP contribution in [0.5, 0.6) is 0 Å². The quantitative estimate of drug-likeness (QED) is 0.658. The summed E-state index contributed by atoms with van der Waals surface area (Å²) < 4.78 is 2.11. The van der Waals surface area contributed by atoms with Gasteiger partial charge in [-0.25, -0.2) is 9.97 Å². The SMILES string of the molecule is Cc1ccc[n+](Cc2ccncn2)c1. The van der Waals surface area contributed by atoms with Crippen LogP contribution in [0.1, 0.15) is 11.3 Å². The van der Waals surface area contributed by atoms with Crippen molar-refractivity contribution in [2.75, 3.05) is 0 Å². The van der Waals surface area contributed by atoms with Gasteiger partial charge in [-0.05, 0) is 19.1 Å². The smallest absolute Gasteiger partial charge is 0.190 e. The van der Waals surface area contributed by atoms with E-state index in [2.05, 4.69) is 33.7 Å². The van der Waals surface area contributed by atoms with E-state index in [1.54, 1.807) is 12.5 Å². The maximum absolute atomic E-state index is 4.17. The Hall–Kier alpha value is -1.77. The third-order valence-electron chi connectivity index (χ3n) is 1.99. The summed E-state index contributed by atoms with van der Waals surface area (Å²) in [6.45, 7) is 2.88. The molecule has 2 aromatic rings. The minimum absolute atomic E-state index is 0.796. The molecule has 3 heteroatoms. The maximum Gasteiger partial charge on any atom is 0.190 e. The standard InChI is InChI=1S/C11H12N3/c1-10-3-2-6-14(7-10)8-11-4-5-12-9-13-11/h2-7,9H,8H2,1H3/q+1. The second-order valence-electron chi connectivity index (χ2n) is 3.25. The van der Waals surface area contributed by atoms with Crippen molar-refractivity contribution in [1.29, 1.82) is 0 Å². The summed E-state index contributed by atoms with van der Waals surface area (Å²) in [5, 5.41) is 0. The molecule has 70 valence electrons. The monoisotopic (exact) mass is 186 g/mol. The highest BCUT2D eigenvalue weighted by Gasteiger charge is 2.02. The average molecular weight is 186 g/mol. The summed E-state index contributed by atoms with van der Waals surface area (Å²) in [4.78, 5) is 8.06. The summed E-state index contributed by atoms with van der Waals surface area (Å²) in [7, 11) is 0. The van der Waals surface area contributed by atoms with Gasteiger partial charge in [-0.2, -0.15) is 4.57 Å². The second-order valence-corrected chi connectivity index (χ2v) is 3.25. The number of rotatable bonds is 2. The van der Waals surface area contributed by atoms with Crippen molar-refractivity contribution in [1.82, 2.24) is 9.97 Å². The molecule has 0 bridgehead atoms. The first-order valence-electron chi connectivity index (χ1n) is 4.55. The normalized spacial score (nSPS) is 10.1. The van der Waals surface area contributed by atoms with Gasteiger partial charge < -0.3 is 0 Å². The zero-order valence-electron chi connectivity index (χ0n) is 8.09. The van der Waals surface area contributed by atoms with Gasteiger partial charge in [0.2, 0.25) is 0 Å². The van der Waals surface area contributed by atoms with Gasteiger partial charge in [0.1, 0.15) is 12.0 Å². The molecule has 0 aromatic carbocycles. The Labute approximate surface area is 83.1 Å². The number of hydrogen-bond acceptors (Lipinski definition) is 2. The highest BCUT2D eigenvalue weighted by Crippen LogP contribution is 1.93. The largest absolute Gasteiger partial charge is 0.245 e. The number of pyridine rings is 1. The number of aromatic nitrogens is 3. The fourth-order valence-corrected chi connectivity index (χ4v) is 1.35. The maximum atomic E-state index is 4.17. The van der Waals surface area contributed by atoms with Crippen molar-refractivity contribution >= 4 is 0 Å². The predicted octanol–water partition coefficient (Wildman–Crippen LogP) is 1.12. The first-order valence-corrected chi connectivity index (χ1v) is 4.55. The molecular weight excluding hydrogens is 174 g/mol. The Balaban J connectivity index is 2.19. The number of hydrogen-bond donors (Lipinski definition) is 0. The van der Waals surface area contributed by atoms with E-state index in [0.717, 1.165) is 12.2 Å². The summed E-state index contributed by atoms with van der Waals surface area (Å²) in [6.07, 6.45) is 7.47. The molecule has 0 N–H and O–H groups in total. The predicted molar refractivity (Wildman–Crippen MR) is 52.5 cm³/mol. The number of aryl methyl sites for hydroxylation is 1. The van der Waals surface area contributed by atoms with Crippen LogP contribution in [0.15, 0.2) is 43.1 Å². The molecule has 2 aromatic heterocycles.